The molecule has 0 saturated carbocycles. The number of hydrogen-bond acceptors (Lipinski definition) is 2. The predicted molar refractivity (Wildman–Crippen MR) is 80.3 cm³/mol. The highest BCUT2D eigenvalue weighted by atomic mass is 19.1. The van der Waals surface area contributed by atoms with Gasteiger partial charge in [0, 0.05) is 24.0 Å². The van der Waals surface area contributed by atoms with Gasteiger partial charge in [0.1, 0.15) is 5.82 Å². The second kappa shape index (κ2) is 6.17. The Balaban J connectivity index is 2.06. The van der Waals surface area contributed by atoms with Crippen LogP contribution >= 0.6 is 0 Å². The summed E-state index contributed by atoms with van der Waals surface area (Å²) in [5.41, 5.74) is 1.74. The third-order valence-electron chi connectivity index (χ3n) is 3.06. The van der Waals surface area contributed by atoms with E-state index in [1.807, 2.05) is 0 Å². The van der Waals surface area contributed by atoms with E-state index in [1.54, 1.807) is 31.3 Å². The van der Waals surface area contributed by atoms with Crippen molar-refractivity contribution in [1.29, 1.82) is 0 Å². The van der Waals surface area contributed by atoms with Gasteiger partial charge in [-0.05, 0) is 55.5 Å². The van der Waals surface area contributed by atoms with Crippen molar-refractivity contribution in [3.8, 4) is 0 Å². The summed E-state index contributed by atoms with van der Waals surface area (Å²) in [6, 6.07) is 11.9. The topological polar surface area (TPSA) is 49.4 Å². The minimum Gasteiger partial charge on any atom is -0.308 e. The Labute approximate surface area is 122 Å². The molecule has 108 valence electrons. The molecular formula is C16H15FN2O2. The van der Waals surface area contributed by atoms with E-state index in [4.69, 9.17) is 0 Å². The van der Waals surface area contributed by atoms with Crippen LogP contribution in [0.5, 0.6) is 0 Å². The van der Waals surface area contributed by atoms with Gasteiger partial charge in [-0.25, -0.2) is 9.18 Å². The van der Waals surface area contributed by atoms with Crippen LogP contribution in [0.2, 0.25) is 0 Å². The van der Waals surface area contributed by atoms with Crippen molar-refractivity contribution in [3.05, 3.63) is 59.9 Å². The van der Waals surface area contributed by atoms with E-state index in [9.17, 15) is 14.0 Å². The van der Waals surface area contributed by atoms with Crippen molar-refractivity contribution >= 4 is 23.2 Å². The lowest BCUT2D eigenvalue weighted by atomic mass is 10.1. The maximum absolute atomic E-state index is 12.9. The molecule has 0 heterocycles. The summed E-state index contributed by atoms with van der Waals surface area (Å²) < 4.78 is 12.9. The van der Waals surface area contributed by atoms with Crippen molar-refractivity contribution in [1.82, 2.24) is 0 Å². The molecule has 0 atom stereocenters. The van der Waals surface area contributed by atoms with Crippen molar-refractivity contribution < 1.29 is 14.0 Å². The summed E-state index contributed by atoms with van der Waals surface area (Å²) in [5.74, 6) is -0.385. The molecule has 2 aromatic rings. The number of ketones is 1. The predicted octanol–water partition coefficient (Wildman–Crippen LogP) is 3.70. The number of urea groups is 1. The molecule has 1 N–H and O–H groups in total. The number of amides is 2. The second-order valence-corrected chi connectivity index (χ2v) is 4.60. The molecule has 0 aliphatic heterocycles. The molecule has 0 radical (unpaired) electrons. The van der Waals surface area contributed by atoms with Crippen LogP contribution in [0.15, 0.2) is 48.5 Å². The fourth-order valence-electron chi connectivity index (χ4n) is 1.78. The molecule has 2 rings (SSSR count). The van der Waals surface area contributed by atoms with Crippen LogP contribution in [-0.4, -0.2) is 18.9 Å². The van der Waals surface area contributed by atoms with E-state index < -0.39 is 0 Å². The minimum absolute atomic E-state index is 0.0312. The number of nitrogens with one attached hydrogen (secondary N) is 1. The molecule has 0 fully saturated rings. The zero-order chi connectivity index (χ0) is 15.4. The fourth-order valence-corrected chi connectivity index (χ4v) is 1.78. The summed E-state index contributed by atoms with van der Waals surface area (Å²) in [6.45, 7) is 1.48. The van der Waals surface area contributed by atoms with Gasteiger partial charge in [0.15, 0.2) is 5.78 Å². The van der Waals surface area contributed by atoms with E-state index >= 15 is 0 Å². The summed E-state index contributed by atoms with van der Waals surface area (Å²) in [7, 11) is 1.59. The Morgan fingerprint density at radius 3 is 2.10 bits per heavy atom. The normalized spacial score (nSPS) is 10.0. The van der Waals surface area contributed by atoms with Crippen LogP contribution in [0.25, 0.3) is 0 Å². The minimum atomic E-state index is -0.354. The van der Waals surface area contributed by atoms with Crippen LogP contribution in [0.1, 0.15) is 17.3 Å². The number of nitrogens with zero attached hydrogens (tertiary/aromatic N) is 1. The van der Waals surface area contributed by atoms with Crippen LogP contribution < -0.4 is 10.2 Å². The van der Waals surface area contributed by atoms with Crippen LogP contribution in [0.4, 0.5) is 20.6 Å². The quantitative estimate of drug-likeness (QED) is 0.875. The molecule has 4 nitrogen and oxygen atoms in total. The number of anilines is 2. The Hall–Kier alpha value is -2.69. The third kappa shape index (κ3) is 3.66. The summed E-state index contributed by atoms with van der Waals surface area (Å²) in [4.78, 5) is 24.6. The summed E-state index contributed by atoms with van der Waals surface area (Å²) in [6.07, 6.45) is 0. The van der Waals surface area contributed by atoms with E-state index in [2.05, 4.69) is 5.32 Å². The van der Waals surface area contributed by atoms with Crippen molar-refractivity contribution in [2.45, 2.75) is 6.92 Å². The number of carbonyl (C=O) groups is 2. The lowest BCUT2D eigenvalue weighted by Crippen LogP contribution is -2.31. The Bertz CT molecular complexity index is 651. The summed E-state index contributed by atoms with van der Waals surface area (Å²) >= 11 is 0. The molecule has 0 bridgehead atoms. The standard InChI is InChI=1S/C16H15FN2O2/c1-11(20)12-3-7-14(8-4-12)18-16(21)19(2)15-9-5-13(17)6-10-15/h3-10H,1-2H3,(H,18,21). The Kier molecular flexibility index (Phi) is 4.33. The van der Waals surface area contributed by atoms with Gasteiger partial charge >= 0.3 is 6.03 Å². The number of benzene rings is 2. The van der Waals surface area contributed by atoms with E-state index in [-0.39, 0.29) is 17.6 Å². The first kappa shape index (κ1) is 14.7. The highest BCUT2D eigenvalue weighted by molar-refractivity contribution is 6.01. The first-order valence-corrected chi connectivity index (χ1v) is 6.38. The average molecular weight is 286 g/mol. The third-order valence-corrected chi connectivity index (χ3v) is 3.06. The molecule has 0 aliphatic rings. The van der Waals surface area contributed by atoms with Gasteiger partial charge in [0.25, 0.3) is 0 Å². The molecular weight excluding hydrogens is 271 g/mol. The molecule has 2 amide bonds. The van der Waals surface area contributed by atoms with Gasteiger partial charge in [-0.15, -0.1) is 0 Å². The molecule has 21 heavy (non-hydrogen) atoms. The van der Waals surface area contributed by atoms with Gasteiger partial charge in [0.05, 0.1) is 0 Å². The fraction of sp³-hybridized carbons (Fsp3) is 0.125. The monoisotopic (exact) mass is 286 g/mol. The van der Waals surface area contributed by atoms with Crippen LogP contribution in [0.3, 0.4) is 0 Å². The number of carbonyl (C=O) groups excluding carboxylic acids is 2. The first-order valence-electron chi connectivity index (χ1n) is 6.38. The van der Waals surface area contributed by atoms with Crippen LogP contribution in [0, 0.1) is 5.82 Å². The van der Waals surface area contributed by atoms with Crippen molar-refractivity contribution in [3.63, 3.8) is 0 Å². The van der Waals surface area contributed by atoms with Gasteiger partial charge < -0.3 is 5.32 Å². The molecule has 0 saturated heterocycles. The number of halogens is 1. The van der Waals surface area contributed by atoms with Gasteiger partial charge in [-0.3, -0.25) is 9.69 Å². The largest absolute Gasteiger partial charge is 0.326 e. The Morgan fingerprint density at radius 1 is 1.00 bits per heavy atom. The highest BCUT2D eigenvalue weighted by Crippen LogP contribution is 2.16. The molecule has 0 aromatic heterocycles. The van der Waals surface area contributed by atoms with Gasteiger partial charge in [-0.2, -0.15) is 0 Å². The number of rotatable bonds is 3. The number of Topliss-reactive ketones (excluding diaryl/α,β-unsaturated/α-hetero) is 1. The maximum Gasteiger partial charge on any atom is 0.326 e. The van der Waals surface area contributed by atoms with E-state index in [0.717, 1.165) is 0 Å². The van der Waals surface area contributed by atoms with Gasteiger partial charge in [0.2, 0.25) is 0 Å². The zero-order valence-electron chi connectivity index (χ0n) is 11.8. The molecule has 0 unspecified atom stereocenters. The zero-order valence-corrected chi connectivity index (χ0v) is 11.8. The highest BCUT2D eigenvalue weighted by Gasteiger charge is 2.11. The van der Waals surface area contributed by atoms with Crippen molar-refractivity contribution in [2.24, 2.45) is 0 Å². The molecule has 0 spiro atoms. The maximum atomic E-state index is 12.9. The lowest BCUT2D eigenvalue weighted by molar-refractivity contribution is 0.101. The lowest BCUT2D eigenvalue weighted by Gasteiger charge is -2.18. The SMILES string of the molecule is CC(=O)c1ccc(NC(=O)N(C)c2ccc(F)cc2)cc1. The van der Waals surface area contributed by atoms with Crippen molar-refractivity contribution in [2.75, 3.05) is 17.3 Å². The van der Waals surface area contributed by atoms with Gasteiger partial charge in [-0.1, -0.05) is 0 Å². The molecule has 5 heteroatoms. The average Bonchev–Trinajstić information content (AvgIpc) is 2.47. The molecule has 2 aromatic carbocycles. The second-order valence-electron chi connectivity index (χ2n) is 4.60. The van der Waals surface area contributed by atoms with Crippen LogP contribution in [-0.2, 0) is 0 Å². The number of hydrogen-bond donors (Lipinski definition) is 1. The summed E-state index contributed by atoms with van der Waals surface area (Å²) in [5, 5.41) is 2.70. The molecule has 0 aliphatic carbocycles. The first-order chi connectivity index (χ1) is 9.97. The Morgan fingerprint density at radius 2 is 1.57 bits per heavy atom. The smallest absolute Gasteiger partial charge is 0.308 e. The van der Waals surface area contributed by atoms with E-state index in [1.165, 1.54) is 36.1 Å². The van der Waals surface area contributed by atoms with E-state index in [0.29, 0.717) is 16.9 Å².